The molecule has 3 N–H and O–H groups in total. The second kappa shape index (κ2) is 6.45. The molecule has 0 aromatic carbocycles. The van der Waals surface area contributed by atoms with E-state index >= 15 is 0 Å². The van der Waals surface area contributed by atoms with E-state index in [1.165, 1.54) is 30.6 Å². The fraction of sp³-hybridized carbons (Fsp3) is 0.625. The molecular formula is C8H15Cl2N3S. The van der Waals surface area contributed by atoms with Crippen molar-refractivity contribution in [1.82, 2.24) is 10.3 Å². The van der Waals surface area contributed by atoms with Gasteiger partial charge in [0.05, 0.1) is 11.7 Å². The molecule has 1 aliphatic rings. The van der Waals surface area contributed by atoms with Gasteiger partial charge in [0.2, 0.25) is 0 Å². The Bertz CT molecular complexity index is 261. The lowest BCUT2D eigenvalue weighted by atomic mass is 10.0. The van der Waals surface area contributed by atoms with Crippen LogP contribution in [0.5, 0.6) is 0 Å². The number of nitrogens with two attached hydrogens (primary N) is 1. The van der Waals surface area contributed by atoms with Gasteiger partial charge >= 0.3 is 0 Å². The molecule has 0 saturated carbocycles. The van der Waals surface area contributed by atoms with Crippen LogP contribution in [0, 0.1) is 0 Å². The van der Waals surface area contributed by atoms with Crippen molar-refractivity contribution in [3.8, 4) is 0 Å². The minimum atomic E-state index is 0. The van der Waals surface area contributed by atoms with Crippen molar-refractivity contribution in [2.45, 2.75) is 25.3 Å². The molecule has 1 atom stereocenters. The van der Waals surface area contributed by atoms with Crippen LogP contribution in [0.3, 0.4) is 0 Å². The Balaban J connectivity index is 0.000000845. The largest absolute Gasteiger partial charge is 0.375 e. The quantitative estimate of drug-likeness (QED) is 0.811. The summed E-state index contributed by atoms with van der Waals surface area (Å²) in [4.78, 5) is 4.27. The number of nitrogens with zero attached hydrogens (tertiary/aromatic N) is 1. The van der Waals surface area contributed by atoms with E-state index in [9.17, 15) is 0 Å². The van der Waals surface area contributed by atoms with Crippen LogP contribution in [-0.2, 0) is 0 Å². The summed E-state index contributed by atoms with van der Waals surface area (Å²) in [7, 11) is 0. The van der Waals surface area contributed by atoms with E-state index < -0.39 is 0 Å². The maximum Gasteiger partial charge on any atom is 0.180 e. The molecule has 0 spiro atoms. The molecule has 1 unspecified atom stereocenters. The maximum absolute atomic E-state index is 5.56. The molecule has 1 aromatic heterocycles. The zero-order valence-electron chi connectivity index (χ0n) is 7.73. The molecule has 6 heteroatoms. The van der Waals surface area contributed by atoms with Crippen LogP contribution in [0.4, 0.5) is 5.13 Å². The summed E-state index contributed by atoms with van der Waals surface area (Å²) in [6.07, 6.45) is 3.79. The predicted octanol–water partition coefficient (Wildman–Crippen LogP) is 2.38. The highest BCUT2D eigenvalue weighted by Crippen LogP contribution is 2.24. The molecule has 0 bridgehead atoms. The zero-order chi connectivity index (χ0) is 8.39. The van der Waals surface area contributed by atoms with Crippen LogP contribution in [0.1, 0.15) is 31.0 Å². The summed E-state index contributed by atoms with van der Waals surface area (Å²) >= 11 is 1.52. The average Bonchev–Trinajstić information content (AvgIpc) is 2.54. The van der Waals surface area contributed by atoms with Gasteiger partial charge in [0.1, 0.15) is 0 Å². The van der Waals surface area contributed by atoms with Crippen molar-refractivity contribution in [2.24, 2.45) is 0 Å². The van der Waals surface area contributed by atoms with Crippen molar-refractivity contribution < 1.29 is 0 Å². The number of thiazole rings is 1. The molecule has 82 valence electrons. The summed E-state index contributed by atoms with van der Waals surface area (Å²) in [5, 5.41) is 6.17. The minimum absolute atomic E-state index is 0. The molecule has 1 aliphatic heterocycles. The molecule has 1 saturated heterocycles. The van der Waals surface area contributed by atoms with Crippen LogP contribution in [0.25, 0.3) is 0 Å². The Morgan fingerprint density at radius 2 is 2.21 bits per heavy atom. The van der Waals surface area contributed by atoms with Crippen molar-refractivity contribution >= 4 is 41.3 Å². The van der Waals surface area contributed by atoms with Gasteiger partial charge in [-0.3, -0.25) is 0 Å². The summed E-state index contributed by atoms with van der Waals surface area (Å²) in [6.45, 7) is 1.11. The van der Waals surface area contributed by atoms with Crippen LogP contribution >= 0.6 is 36.2 Å². The van der Waals surface area contributed by atoms with E-state index in [-0.39, 0.29) is 24.8 Å². The third kappa shape index (κ3) is 3.28. The molecule has 2 heterocycles. The number of hydrogen-bond acceptors (Lipinski definition) is 4. The summed E-state index contributed by atoms with van der Waals surface area (Å²) in [6, 6.07) is 0.451. The van der Waals surface area contributed by atoms with Gasteiger partial charge in [-0.05, 0) is 19.4 Å². The average molecular weight is 256 g/mol. The molecule has 0 aliphatic carbocycles. The maximum atomic E-state index is 5.56. The first-order chi connectivity index (χ1) is 5.86. The van der Waals surface area contributed by atoms with E-state index in [0.29, 0.717) is 11.2 Å². The van der Waals surface area contributed by atoms with Gasteiger partial charge in [-0.15, -0.1) is 36.2 Å². The van der Waals surface area contributed by atoms with E-state index in [0.717, 1.165) is 12.2 Å². The van der Waals surface area contributed by atoms with E-state index in [1.807, 2.05) is 0 Å². The van der Waals surface area contributed by atoms with Crippen molar-refractivity contribution in [1.29, 1.82) is 0 Å². The van der Waals surface area contributed by atoms with Gasteiger partial charge in [-0.2, -0.15) is 0 Å². The SMILES string of the molecule is Cl.Cl.Nc1nc(C2CCCCN2)cs1. The van der Waals surface area contributed by atoms with Gasteiger partial charge in [0.25, 0.3) is 0 Å². The van der Waals surface area contributed by atoms with Crippen molar-refractivity contribution in [2.75, 3.05) is 12.3 Å². The summed E-state index contributed by atoms with van der Waals surface area (Å²) in [5.41, 5.74) is 6.69. The van der Waals surface area contributed by atoms with Gasteiger partial charge in [-0.1, -0.05) is 6.42 Å². The lowest BCUT2D eigenvalue weighted by Crippen LogP contribution is -2.26. The number of aromatic nitrogens is 1. The fourth-order valence-corrected chi connectivity index (χ4v) is 2.18. The minimum Gasteiger partial charge on any atom is -0.375 e. The highest BCUT2D eigenvalue weighted by molar-refractivity contribution is 7.13. The molecule has 14 heavy (non-hydrogen) atoms. The third-order valence-corrected chi connectivity index (χ3v) is 2.90. The van der Waals surface area contributed by atoms with Gasteiger partial charge < -0.3 is 11.1 Å². The Morgan fingerprint density at radius 1 is 1.43 bits per heavy atom. The number of nitrogens with one attached hydrogen (secondary N) is 1. The normalized spacial score (nSPS) is 20.7. The van der Waals surface area contributed by atoms with Crippen LogP contribution < -0.4 is 11.1 Å². The topological polar surface area (TPSA) is 50.9 Å². The first-order valence-corrected chi connectivity index (χ1v) is 5.18. The third-order valence-electron chi connectivity index (χ3n) is 2.21. The lowest BCUT2D eigenvalue weighted by Gasteiger charge is -2.21. The molecular weight excluding hydrogens is 241 g/mol. The van der Waals surface area contributed by atoms with Crippen LogP contribution in [-0.4, -0.2) is 11.5 Å². The van der Waals surface area contributed by atoms with Gasteiger partial charge in [0.15, 0.2) is 5.13 Å². The number of hydrogen-bond donors (Lipinski definition) is 2. The number of rotatable bonds is 1. The highest BCUT2D eigenvalue weighted by atomic mass is 35.5. The second-order valence-corrected chi connectivity index (χ2v) is 4.00. The van der Waals surface area contributed by atoms with E-state index in [2.05, 4.69) is 15.7 Å². The molecule has 2 rings (SSSR count). The predicted molar refractivity (Wildman–Crippen MR) is 65.6 cm³/mol. The Labute approximate surface area is 100 Å². The highest BCUT2D eigenvalue weighted by Gasteiger charge is 2.16. The standard InChI is InChI=1S/C8H13N3S.2ClH/c9-8-11-7(5-12-8)6-3-1-2-4-10-6;;/h5-6,10H,1-4H2,(H2,9,11);2*1H. The van der Waals surface area contributed by atoms with Crippen LogP contribution in [0.2, 0.25) is 0 Å². The fourth-order valence-electron chi connectivity index (χ4n) is 1.57. The summed E-state index contributed by atoms with van der Waals surface area (Å²) < 4.78 is 0. The first-order valence-electron chi connectivity index (χ1n) is 4.30. The molecule has 0 amide bonds. The van der Waals surface area contributed by atoms with Gasteiger partial charge in [-0.25, -0.2) is 4.98 Å². The molecule has 1 aromatic rings. The van der Waals surface area contributed by atoms with E-state index in [1.54, 1.807) is 0 Å². The molecule has 1 fully saturated rings. The van der Waals surface area contributed by atoms with Crippen molar-refractivity contribution in [3.63, 3.8) is 0 Å². The monoisotopic (exact) mass is 255 g/mol. The molecule has 3 nitrogen and oxygen atoms in total. The zero-order valence-corrected chi connectivity index (χ0v) is 10.2. The first kappa shape index (κ1) is 14.0. The number of anilines is 1. The van der Waals surface area contributed by atoms with Gasteiger partial charge in [0, 0.05) is 5.38 Å². The number of halogens is 2. The lowest BCUT2D eigenvalue weighted by molar-refractivity contribution is 0.407. The second-order valence-electron chi connectivity index (χ2n) is 3.11. The Morgan fingerprint density at radius 3 is 2.71 bits per heavy atom. The summed E-state index contributed by atoms with van der Waals surface area (Å²) in [5.74, 6) is 0. The Hall–Kier alpha value is -0.0300. The van der Waals surface area contributed by atoms with E-state index in [4.69, 9.17) is 5.73 Å². The number of nitrogen functional groups attached to an aromatic ring is 1. The smallest absolute Gasteiger partial charge is 0.180 e. The van der Waals surface area contributed by atoms with Crippen molar-refractivity contribution in [3.05, 3.63) is 11.1 Å². The Kier molecular flexibility index (Phi) is 6.44. The molecule has 0 radical (unpaired) electrons. The van der Waals surface area contributed by atoms with Crippen LogP contribution in [0.15, 0.2) is 5.38 Å². The number of piperidine rings is 1.